The molecule has 10 unspecified atom stereocenters. The SMILES string of the molecule is CCCCOC1C(O)C(C(=O)OC)OC(OC2C(OC(=O)c3ccccc3)OC(OC)C(N=[N+]=[N-])C2OCCCC)C1OC(=O)c1ccccc1. The number of azide groups is 1. The molecule has 16 nitrogen and oxygen atoms in total. The van der Waals surface area contributed by atoms with Crippen LogP contribution < -0.4 is 0 Å². The van der Waals surface area contributed by atoms with E-state index in [-0.39, 0.29) is 24.3 Å². The molecule has 0 amide bonds. The van der Waals surface area contributed by atoms with E-state index in [1.54, 1.807) is 36.4 Å². The first-order valence-electron chi connectivity index (χ1n) is 16.8. The number of hydrogen-bond acceptors (Lipinski definition) is 14. The number of esters is 3. The van der Waals surface area contributed by atoms with Crippen LogP contribution in [0.25, 0.3) is 10.4 Å². The summed E-state index contributed by atoms with van der Waals surface area (Å²) in [7, 11) is 2.43. The zero-order chi connectivity index (χ0) is 36.8. The average Bonchev–Trinajstić information content (AvgIpc) is 3.15. The highest BCUT2D eigenvalue weighted by molar-refractivity contribution is 5.90. The summed E-state index contributed by atoms with van der Waals surface area (Å²) in [6, 6.07) is 15.0. The van der Waals surface area contributed by atoms with Gasteiger partial charge in [0.1, 0.15) is 30.5 Å². The number of nitrogens with zero attached hydrogens (tertiary/aromatic N) is 3. The maximum Gasteiger partial charge on any atom is 0.340 e. The van der Waals surface area contributed by atoms with Crippen molar-refractivity contribution in [3.63, 3.8) is 0 Å². The van der Waals surface area contributed by atoms with E-state index in [0.717, 1.165) is 20.0 Å². The zero-order valence-corrected chi connectivity index (χ0v) is 29.0. The van der Waals surface area contributed by atoms with E-state index in [9.17, 15) is 25.0 Å². The second-order valence-electron chi connectivity index (χ2n) is 11.7. The van der Waals surface area contributed by atoms with Gasteiger partial charge in [-0.2, -0.15) is 0 Å². The molecule has 0 spiro atoms. The molecule has 0 saturated carbocycles. The normalized spacial score (nSPS) is 29.0. The number of aliphatic hydroxyl groups excluding tert-OH is 1. The molecule has 278 valence electrons. The van der Waals surface area contributed by atoms with E-state index < -0.39 is 79.4 Å². The van der Waals surface area contributed by atoms with Crippen LogP contribution in [0.15, 0.2) is 65.8 Å². The molecule has 0 aromatic heterocycles. The first kappa shape index (κ1) is 39.7. The third-order valence-electron chi connectivity index (χ3n) is 8.24. The van der Waals surface area contributed by atoms with Crippen molar-refractivity contribution in [2.24, 2.45) is 5.11 Å². The van der Waals surface area contributed by atoms with Crippen LogP contribution in [0.5, 0.6) is 0 Å². The molecular formula is C35H45N3O13. The predicted molar refractivity (Wildman–Crippen MR) is 177 cm³/mol. The topological polar surface area (TPSA) is 203 Å². The number of ether oxygens (including phenoxy) is 9. The molecule has 0 radical (unpaired) electrons. The molecule has 2 aliphatic heterocycles. The fraction of sp³-hybridized carbons (Fsp3) is 0.571. The molecule has 51 heavy (non-hydrogen) atoms. The molecule has 4 rings (SSSR count). The van der Waals surface area contributed by atoms with Gasteiger partial charge in [-0.3, -0.25) is 0 Å². The van der Waals surface area contributed by atoms with Crippen LogP contribution >= 0.6 is 0 Å². The second-order valence-corrected chi connectivity index (χ2v) is 11.7. The van der Waals surface area contributed by atoms with Crippen LogP contribution in [0.2, 0.25) is 0 Å². The molecule has 1 N–H and O–H groups in total. The highest BCUT2D eigenvalue weighted by Crippen LogP contribution is 2.35. The molecule has 0 aliphatic carbocycles. The Hall–Kier alpha value is -4.12. The molecule has 10 atom stereocenters. The quantitative estimate of drug-likeness (QED) is 0.0613. The predicted octanol–water partition coefficient (Wildman–Crippen LogP) is 4.09. The number of hydrogen-bond donors (Lipinski definition) is 1. The van der Waals surface area contributed by atoms with Crippen LogP contribution in [-0.4, -0.2) is 112 Å². The van der Waals surface area contributed by atoms with Crippen molar-refractivity contribution in [2.75, 3.05) is 27.4 Å². The van der Waals surface area contributed by atoms with Gasteiger partial charge >= 0.3 is 17.9 Å². The van der Waals surface area contributed by atoms with Crippen LogP contribution in [0.3, 0.4) is 0 Å². The van der Waals surface area contributed by atoms with Gasteiger partial charge in [0.05, 0.1) is 18.2 Å². The minimum absolute atomic E-state index is 0.124. The summed E-state index contributed by atoms with van der Waals surface area (Å²) in [5.41, 5.74) is 9.88. The van der Waals surface area contributed by atoms with Crippen molar-refractivity contribution in [2.45, 2.75) is 101 Å². The highest BCUT2D eigenvalue weighted by Gasteiger charge is 2.56. The first-order valence-corrected chi connectivity index (χ1v) is 16.8. The van der Waals surface area contributed by atoms with Gasteiger partial charge in [0, 0.05) is 25.2 Å². The summed E-state index contributed by atoms with van der Waals surface area (Å²) >= 11 is 0. The van der Waals surface area contributed by atoms with Crippen molar-refractivity contribution < 1.29 is 62.1 Å². The lowest BCUT2D eigenvalue weighted by Gasteiger charge is -2.47. The lowest BCUT2D eigenvalue weighted by molar-refractivity contribution is -0.366. The van der Waals surface area contributed by atoms with Crippen molar-refractivity contribution in [3.05, 3.63) is 82.2 Å². The molecular weight excluding hydrogens is 670 g/mol. The fourth-order valence-corrected chi connectivity index (χ4v) is 5.56. The number of aliphatic hydroxyl groups is 1. The molecule has 2 aliphatic rings. The zero-order valence-electron chi connectivity index (χ0n) is 29.0. The van der Waals surface area contributed by atoms with Crippen molar-refractivity contribution in [1.82, 2.24) is 0 Å². The maximum atomic E-state index is 13.5. The standard InChI is InChI=1S/C35H45N3O13/c1-5-7-19-45-25-23(37-38-36)33(44-4)51-35(50-31(41)22-17-13-10-14-18-22)28(25)49-34-29(47-30(40)21-15-11-9-12-16-21)26(46-20-8-6-2)24(39)27(48-34)32(42)43-3/h9-18,23-29,33-35,39H,5-8,19-20H2,1-4H3. The summed E-state index contributed by atoms with van der Waals surface area (Å²) in [6.07, 6.45) is -10.7. The van der Waals surface area contributed by atoms with Crippen molar-refractivity contribution in [1.29, 1.82) is 0 Å². The Kier molecular flexibility index (Phi) is 15.6. The lowest BCUT2D eigenvalue weighted by Crippen LogP contribution is -2.66. The van der Waals surface area contributed by atoms with Gasteiger partial charge in [0.25, 0.3) is 0 Å². The van der Waals surface area contributed by atoms with E-state index in [4.69, 9.17) is 42.6 Å². The van der Waals surface area contributed by atoms with Crippen LogP contribution in [0, 0.1) is 0 Å². The molecule has 2 saturated heterocycles. The summed E-state index contributed by atoms with van der Waals surface area (Å²) < 4.78 is 52.9. The van der Waals surface area contributed by atoms with Gasteiger partial charge in [0.2, 0.25) is 6.29 Å². The van der Waals surface area contributed by atoms with Crippen LogP contribution in [0.4, 0.5) is 0 Å². The number of carbonyl (C=O) groups excluding carboxylic acids is 3. The van der Waals surface area contributed by atoms with Gasteiger partial charge in [-0.15, -0.1) is 0 Å². The van der Waals surface area contributed by atoms with Crippen LogP contribution in [0.1, 0.15) is 60.2 Å². The average molecular weight is 716 g/mol. The van der Waals surface area contributed by atoms with Crippen molar-refractivity contribution in [3.8, 4) is 0 Å². The number of rotatable bonds is 17. The van der Waals surface area contributed by atoms with E-state index in [2.05, 4.69) is 10.0 Å². The summed E-state index contributed by atoms with van der Waals surface area (Å²) in [6.45, 7) is 4.18. The Morgan fingerprint density at radius 3 is 1.86 bits per heavy atom. The smallest absolute Gasteiger partial charge is 0.340 e. The van der Waals surface area contributed by atoms with Gasteiger partial charge in [-0.05, 0) is 42.6 Å². The molecule has 16 heteroatoms. The summed E-state index contributed by atoms with van der Waals surface area (Å²) in [5, 5.41) is 15.3. The van der Waals surface area contributed by atoms with Crippen LogP contribution in [-0.2, 0) is 47.4 Å². The summed E-state index contributed by atoms with van der Waals surface area (Å²) in [5.74, 6) is -2.55. The van der Waals surface area contributed by atoms with Crippen molar-refractivity contribution >= 4 is 17.9 Å². The van der Waals surface area contributed by atoms with Gasteiger partial charge in [-0.1, -0.05) is 68.2 Å². The summed E-state index contributed by atoms with van der Waals surface area (Å²) in [4.78, 5) is 42.8. The number of methoxy groups -OCH3 is 2. The van der Waals surface area contributed by atoms with Gasteiger partial charge in [0.15, 0.2) is 24.8 Å². The fourth-order valence-electron chi connectivity index (χ4n) is 5.56. The highest BCUT2D eigenvalue weighted by atomic mass is 16.8. The first-order chi connectivity index (χ1) is 24.8. The number of unbranched alkanes of at least 4 members (excludes halogenated alkanes) is 2. The Bertz CT molecular complexity index is 1440. The number of benzene rings is 2. The van der Waals surface area contributed by atoms with E-state index in [0.29, 0.717) is 12.8 Å². The molecule has 2 fully saturated rings. The van der Waals surface area contributed by atoms with E-state index in [1.807, 2.05) is 13.8 Å². The largest absolute Gasteiger partial charge is 0.467 e. The third-order valence-corrected chi connectivity index (χ3v) is 8.24. The van der Waals surface area contributed by atoms with E-state index >= 15 is 0 Å². The Morgan fingerprint density at radius 1 is 0.765 bits per heavy atom. The minimum atomic E-state index is -1.69. The Labute approximate surface area is 295 Å². The molecule has 2 aromatic rings. The number of carbonyl (C=O) groups is 3. The maximum absolute atomic E-state index is 13.5. The van der Waals surface area contributed by atoms with Gasteiger partial charge in [-0.25, -0.2) is 14.4 Å². The molecule has 0 bridgehead atoms. The van der Waals surface area contributed by atoms with E-state index in [1.165, 1.54) is 31.4 Å². The third kappa shape index (κ3) is 10.2. The Balaban J connectivity index is 1.80. The minimum Gasteiger partial charge on any atom is -0.467 e. The molecule has 2 aromatic carbocycles. The van der Waals surface area contributed by atoms with Gasteiger partial charge < -0.3 is 47.7 Å². The Morgan fingerprint density at radius 2 is 1.33 bits per heavy atom. The second kappa shape index (κ2) is 20.1. The molecule has 2 heterocycles. The monoisotopic (exact) mass is 715 g/mol. The lowest BCUT2D eigenvalue weighted by atomic mass is 9.97.